The Morgan fingerprint density at radius 1 is 0.932 bits per heavy atom. The molecule has 0 saturated carbocycles. The summed E-state index contributed by atoms with van der Waals surface area (Å²) in [6.45, 7) is 4.13. The summed E-state index contributed by atoms with van der Waals surface area (Å²) >= 11 is 0. The van der Waals surface area contributed by atoms with Gasteiger partial charge in [-0.25, -0.2) is 9.18 Å². The van der Waals surface area contributed by atoms with Crippen LogP contribution in [0.3, 0.4) is 0 Å². The Labute approximate surface area is 258 Å². The van der Waals surface area contributed by atoms with Crippen LogP contribution in [0.5, 0.6) is 17.2 Å². The molecule has 238 valence electrons. The molecule has 0 aromatic heterocycles. The van der Waals surface area contributed by atoms with Crippen LogP contribution in [-0.2, 0) is 27.2 Å². The molecule has 0 aliphatic carbocycles. The maximum Gasteiger partial charge on any atom is 0.406 e. The highest BCUT2D eigenvalue weighted by atomic mass is 19.1. The number of carbonyl (C=O) groups is 1. The SMILES string of the molecule is COC(=O)NCCc1cccc(F)c1OCCOC1CNCCC1c1ccc(OCCCOCc2ccccc2OC)cc1. The number of amides is 1. The van der Waals surface area contributed by atoms with Gasteiger partial charge in [0, 0.05) is 31.0 Å². The van der Waals surface area contributed by atoms with Crippen LogP contribution < -0.4 is 24.8 Å². The number of rotatable bonds is 17. The predicted molar refractivity (Wildman–Crippen MR) is 165 cm³/mol. The van der Waals surface area contributed by atoms with E-state index < -0.39 is 11.9 Å². The first-order valence-electron chi connectivity index (χ1n) is 15.1. The number of halogens is 1. The average molecular weight is 611 g/mol. The molecular weight excluding hydrogens is 567 g/mol. The molecule has 1 heterocycles. The fourth-order valence-electron chi connectivity index (χ4n) is 5.18. The van der Waals surface area contributed by atoms with E-state index in [1.165, 1.54) is 18.7 Å². The topological polar surface area (TPSA) is 96.5 Å². The lowest BCUT2D eigenvalue weighted by molar-refractivity contribution is 0.00675. The largest absolute Gasteiger partial charge is 0.496 e. The third kappa shape index (κ3) is 10.1. The van der Waals surface area contributed by atoms with E-state index in [9.17, 15) is 9.18 Å². The Kier molecular flexibility index (Phi) is 13.6. The first-order valence-corrected chi connectivity index (χ1v) is 15.1. The third-order valence-electron chi connectivity index (χ3n) is 7.45. The standard InChI is InChI=1S/C34H43FN2O7/c1-39-31-10-4-3-7-27(31)24-41-19-6-20-42-28-13-11-25(12-14-28)29-16-17-36-23-32(29)43-21-22-44-33-26(8-5-9-30(33)35)15-18-37-34(38)40-2/h3-5,7-14,29,32,36H,6,15-24H2,1-2H3,(H,37,38). The molecule has 0 radical (unpaired) electrons. The van der Waals surface area contributed by atoms with Crippen molar-refractivity contribution in [2.24, 2.45) is 0 Å². The molecule has 9 nitrogen and oxygen atoms in total. The van der Waals surface area contributed by atoms with Crippen LogP contribution in [0.15, 0.2) is 66.7 Å². The second-order valence-corrected chi connectivity index (χ2v) is 10.4. The lowest BCUT2D eigenvalue weighted by atomic mass is 9.88. The van der Waals surface area contributed by atoms with Gasteiger partial charge >= 0.3 is 6.09 Å². The van der Waals surface area contributed by atoms with Crippen molar-refractivity contribution in [2.75, 3.05) is 60.3 Å². The van der Waals surface area contributed by atoms with E-state index in [0.29, 0.717) is 45.0 Å². The number of methoxy groups -OCH3 is 2. The monoisotopic (exact) mass is 610 g/mol. The molecule has 2 unspecified atom stereocenters. The van der Waals surface area contributed by atoms with Gasteiger partial charge in [0.2, 0.25) is 0 Å². The minimum absolute atomic E-state index is 0.0381. The number of piperidine rings is 1. The molecule has 4 rings (SSSR count). The predicted octanol–water partition coefficient (Wildman–Crippen LogP) is 5.26. The summed E-state index contributed by atoms with van der Waals surface area (Å²) in [7, 11) is 2.96. The van der Waals surface area contributed by atoms with E-state index in [2.05, 4.69) is 27.5 Å². The number of benzene rings is 3. The minimum Gasteiger partial charge on any atom is -0.496 e. The van der Waals surface area contributed by atoms with E-state index >= 15 is 0 Å². The van der Waals surface area contributed by atoms with Crippen molar-refractivity contribution >= 4 is 6.09 Å². The Morgan fingerprint density at radius 2 is 1.75 bits per heavy atom. The molecule has 0 spiro atoms. The van der Waals surface area contributed by atoms with Crippen molar-refractivity contribution in [1.82, 2.24) is 10.6 Å². The quantitative estimate of drug-likeness (QED) is 0.200. The molecule has 3 aromatic rings. The maximum absolute atomic E-state index is 14.5. The Morgan fingerprint density at radius 3 is 2.57 bits per heavy atom. The van der Waals surface area contributed by atoms with Gasteiger partial charge in [0.05, 0.1) is 46.8 Å². The van der Waals surface area contributed by atoms with Gasteiger partial charge in [0.1, 0.15) is 18.1 Å². The third-order valence-corrected chi connectivity index (χ3v) is 7.45. The molecule has 44 heavy (non-hydrogen) atoms. The zero-order valence-corrected chi connectivity index (χ0v) is 25.5. The fourth-order valence-corrected chi connectivity index (χ4v) is 5.18. The van der Waals surface area contributed by atoms with Crippen LogP contribution in [0, 0.1) is 5.82 Å². The molecule has 2 atom stereocenters. The Bertz CT molecular complexity index is 1290. The summed E-state index contributed by atoms with van der Waals surface area (Å²) in [6, 6.07) is 20.8. The number of hydrogen-bond acceptors (Lipinski definition) is 8. The van der Waals surface area contributed by atoms with Gasteiger partial charge in [0.15, 0.2) is 11.6 Å². The van der Waals surface area contributed by atoms with Crippen LogP contribution in [0.4, 0.5) is 9.18 Å². The first-order chi connectivity index (χ1) is 21.6. The van der Waals surface area contributed by atoms with Gasteiger partial charge in [-0.05, 0) is 54.8 Å². The van der Waals surface area contributed by atoms with Gasteiger partial charge in [-0.15, -0.1) is 0 Å². The Balaban J connectivity index is 1.18. The highest BCUT2D eigenvalue weighted by Crippen LogP contribution is 2.29. The Hall–Kier alpha value is -3.86. The molecule has 1 aliphatic rings. The molecule has 10 heteroatoms. The van der Waals surface area contributed by atoms with Gasteiger partial charge < -0.3 is 39.1 Å². The second-order valence-electron chi connectivity index (χ2n) is 10.4. The van der Waals surface area contributed by atoms with Crippen LogP contribution >= 0.6 is 0 Å². The highest BCUT2D eigenvalue weighted by Gasteiger charge is 2.27. The van der Waals surface area contributed by atoms with Crippen molar-refractivity contribution < 1.29 is 37.6 Å². The van der Waals surface area contributed by atoms with E-state index in [-0.39, 0.29) is 24.4 Å². The molecular formula is C34H43FN2O7. The molecule has 1 aliphatic heterocycles. The first kappa shape index (κ1) is 33.0. The van der Waals surface area contributed by atoms with E-state index in [0.717, 1.165) is 43.0 Å². The number of carbonyl (C=O) groups excluding carboxylic acids is 1. The van der Waals surface area contributed by atoms with Crippen LogP contribution in [0.1, 0.15) is 35.4 Å². The smallest absolute Gasteiger partial charge is 0.406 e. The van der Waals surface area contributed by atoms with Crippen LogP contribution in [-0.4, -0.2) is 72.5 Å². The zero-order valence-electron chi connectivity index (χ0n) is 25.5. The maximum atomic E-state index is 14.5. The highest BCUT2D eigenvalue weighted by molar-refractivity contribution is 5.66. The van der Waals surface area contributed by atoms with Gasteiger partial charge in [-0.2, -0.15) is 0 Å². The fraction of sp³-hybridized carbons (Fsp3) is 0.441. The van der Waals surface area contributed by atoms with Crippen molar-refractivity contribution in [1.29, 1.82) is 0 Å². The lowest BCUT2D eigenvalue weighted by Crippen LogP contribution is -2.41. The summed E-state index contributed by atoms with van der Waals surface area (Å²) in [5.74, 6) is 1.61. The second kappa shape index (κ2) is 18.1. The summed E-state index contributed by atoms with van der Waals surface area (Å²) < 4.78 is 48.2. The van der Waals surface area contributed by atoms with E-state index in [1.54, 1.807) is 19.2 Å². The number of para-hydroxylation sites is 2. The molecule has 2 N–H and O–H groups in total. The molecule has 1 amide bonds. The summed E-state index contributed by atoms with van der Waals surface area (Å²) in [5.41, 5.74) is 2.89. The number of hydrogen-bond donors (Lipinski definition) is 2. The average Bonchev–Trinajstić information content (AvgIpc) is 3.06. The number of alkyl carbamates (subject to hydrolysis) is 1. The molecule has 1 fully saturated rings. The lowest BCUT2D eigenvalue weighted by Gasteiger charge is -2.32. The number of nitrogens with one attached hydrogen (secondary N) is 2. The number of ether oxygens (including phenoxy) is 6. The van der Waals surface area contributed by atoms with Crippen molar-refractivity contribution in [3.05, 3.63) is 89.2 Å². The summed E-state index contributed by atoms with van der Waals surface area (Å²) in [6.07, 6.45) is 1.57. The van der Waals surface area contributed by atoms with E-state index in [1.807, 2.05) is 36.4 Å². The van der Waals surface area contributed by atoms with Gasteiger partial charge in [-0.3, -0.25) is 0 Å². The summed E-state index contributed by atoms with van der Waals surface area (Å²) in [4.78, 5) is 11.3. The van der Waals surface area contributed by atoms with Crippen molar-refractivity contribution in [3.63, 3.8) is 0 Å². The molecule has 0 bridgehead atoms. The molecule has 3 aromatic carbocycles. The minimum atomic E-state index is -0.530. The van der Waals surface area contributed by atoms with Gasteiger partial charge in [0.25, 0.3) is 0 Å². The van der Waals surface area contributed by atoms with Crippen molar-refractivity contribution in [3.8, 4) is 17.2 Å². The van der Waals surface area contributed by atoms with Crippen molar-refractivity contribution in [2.45, 2.75) is 37.9 Å². The molecule has 1 saturated heterocycles. The zero-order chi connectivity index (χ0) is 31.0. The van der Waals surface area contributed by atoms with Gasteiger partial charge in [-0.1, -0.05) is 42.5 Å². The summed E-state index contributed by atoms with van der Waals surface area (Å²) in [5, 5.41) is 6.01. The van der Waals surface area contributed by atoms with E-state index in [4.69, 9.17) is 23.7 Å². The van der Waals surface area contributed by atoms with Crippen LogP contribution in [0.25, 0.3) is 0 Å². The van der Waals surface area contributed by atoms with Crippen LogP contribution in [0.2, 0.25) is 0 Å². The normalized spacial score (nSPS) is 16.2.